The van der Waals surface area contributed by atoms with Crippen molar-refractivity contribution in [2.75, 3.05) is 0 Å². The zero-order valence-corrected chi connectivity index (χ0v) is 10.6. The molecule has 0 heterocycles. The van der Waals surface area contributed by atoms with E-state index >= 15 is 0 Å². The Kier molecular flexibility index (Phi) is 3.93. The fourth-order valence-electron chi connectivity index (χ4n) is 1.63. The highest BCUT2D eigenvalue weighted by Gasteiger charge is 2.31. The number of nitro groups is 1. The summed E-state index contributed by atoms with van der Waals surface area (Å²) in [5, 5.41) is 30.4. The fraction of sp³-hybridized carbons (Fsp3) is 0.500. The summed E-state index contributed by atoms with van der Waals surface area (Å²) >= 11 is 0. The number of rotatable bonds is 3. The van der Waals surface area contributed by atoms with Crippen LogP contribution in [0, 0.1) is 15.5 Å². The third-order valence-electron chi connectivity index (χ3n) is 2.81. The van der Waals surface area contributed by atoms with Gasteiger partial charge in [0.1, 0.15) is 5.75 Å². The van der Waals surface area contributed by atoms with Crippen LogP contribution in [0.4, 0.5) is 5.69 Å². The molecule has 0 unspecified atom stereocenters. The van der Waals surface area contributed by atoms with Crippen LogP contribution in [0.25, 0.3) is 0 Å². The highest BCUT2D eigenvalue weighted by atomic mass is 16.6. The summed E-state index contributed by atoms with van der Waals surface area (Å²) in [7, 11) is 0. The zero-order valence-electron chi connectivity index (χ0n) is 10.6. The third-order valence-corrected chi connectivity index (χ3v) is 2.81. The topological polar surface area (TPSA) is 110 Å². The van der Waals surface area contributed by atoms with E-state index in [4.69, 9.17) is 5.73 Å². The first-order valence-electron chi connectivity index (χ1n) is 5.55. The molecule has 1 aromatic carbocycles. The second kappa shape index (κ2) is 4.91. The standard InChI is InChI=1S/C12H18N2O4/c1-12(2,3)11(16)10(13)8-6-7(14(17)18)4-5-9(8)15/h4-6,10-11,15-16H,13H2,1-3H3/t10-,11-/m0/s1. The van der Waals surface area contributed by atoms with Crippen molar-refractivity contribution in [3.63, 3.8) is 0 Å². The van der Waals surface area contributed by atoms with Crippen molar-refractivity contribution in [3.8, 4) is 5.75 Å². The molecule has 0 aromatic heterocycles. The molecule has 0 bridgehead atoms. The smallest absolute Gasteiger partial charge is 0.270 e. The van der Waals surface area contributed by atoms with Gasteiger partial charge in [-0.05, 0) is 11.5 Å². The largest absolute Gasteiger partial charge is 0.508 e. The molecule has 0 radical (unpaired) electrons. The molecule has 100 valence electrons. The molecule has 2 atom stereocenters. The van der Waals surface area contributed by atoms with Gasteiger partial charge < -0.3 is 15.9 Å². The van der Waals surface area contributed by atoms with Gasteiger partial charge in [-0.2, -0.15) is 0 Å². The summed E-state index contributed by atoms with van der Waals surface area (Å²) in [4.78, 5) is 10.1. The first-order chi connectivity index (χ1) is 8.14. The molecule has 6 nitrogen and oxygen atoms in total. The summed E-state index contributed by atoms with van der Waals surface area (Å²) in [5.74, 6) is -0.156. The van der Waals surface area contributed by atoms with E-state index in [1.165, 1.54) is 18.2 Å². The molecule has 6 heteroatoms. The van der Waals surface area contributed by atoms with E-state index in [2.05, 4.69) is 0 Å². The molecule has 0 aliphatic heterocycles. The van der Waals surface area contributed by atoms with Gasteiger partial charge in [-0.3, -0.25) is 10.1 Å². The lowest BCUT2D eigenvalue weighted by Crippen LogP contribution is -2.37. The Hall–Kier alpha value is -1.66. The minimum absolute atomic E-state index is 0.156. The molecular weight excluding hydrogens is 236 g/mol. The second-order valence-electron chi connectivity index (χ2n) is 5.34. The van der Waals surface area contributed by atoms with Gasteiger partial charge in [0.15, 0.2) is 0 Å². The Labute approximate surface area is 105 Å². The number of phenols is 1. The van der Waals surface area contributed by atoms with Crippen molar-refractivity contribution in [2.45, 2.75) is 32.9 Å². The van der Waals surface area contributed by atoms with Gasteiger partial charge in [0.05, 0.1) is 17.1 Å². The first-order valence-corrected chi connectivity index (χ1v) is 5.55. The van der Waals surface area contributed by atoms with E-state index in [-0.39, 0.29) is 17.0 Å². The molecule has 0 amide bonds. The number of aromatic hydroxyl groups is 1. The van der Waals surface area contributed by atoms with E-state index in [1.807, 2.05) is 0 Å². The maximum Gasteiger partial charge on any atom is 0.270 e. The third kappa shape index (κ3) is 2.96. The van der Waals surface area contributed by atoms with E-state index in [0.29, 0.717) is 0 Å². The highest BCUT2D eigenvalue weighted by molar-refractivity contribution is 5.45. The Morgan fingerprint density at radius 3 is 2.39 bits per heavy atom. The van der Waals surface area contributed by atoms with Crippen molar-refractivity contribution in [1.29, 1.82) is 0 Å². The molecule has 0 fully saturated rings. The van der Waals surface area contributed by atoms with Crippen LogP contribution in [0.15, 0.2) is 18.2 Å². The monoisotopic (exact) mass is 254 g/mol. The number of hydrogen-bond acceptors (Lipinski definition) is 5. The fourth-order valence-corrected chi connectivity index (χ4v) is 1.63. The molecular formula is C12H18N2O4. The average molecular weight is 254 g/mol. The second-order valence-corrected chi connectivity index (χ2v) is 5.34. The molecule has 4 N–H and O–H groups in total. The van der Waals surface area contributed by atoms with Crippen molar-refractivity contribution in [2.24, 2.45) is 11.1 Å². The normalized spacial score (nSPS) is 15.2. The van der Waals surface area contributed by atoms with Crippen LogP contribution in [0.2, 0.25) is 0 Å². The summed E-state index contributed by atoms with van der Waals surface area (Å²) in [5.41, 5.74) is 5.38. The molecule has 0 aliphatic carbocycles. The Morgan fingerprint density at radius 1 is 1.39 bits per heavy atom. The van der Waals surface area contributed by atoms with Crippen molar-refractivity contribution in [1.82, 2.24) is 0 Å². The predicted molar refractivity (Wildman–Crippen MR) is 67.2 cm³/mol. The molecule has 18 heavy (non-hydrogen) atoms. The highest BCUT2D eigenvalue weighted by Crippen LogP contribution is 2.34. The van der Waals surface area contributed by atoms with Gasteiger partial charge in [0, 0.05) is 17.7 Å². The average Bonchev–Trinajstić information content (AvgIpc) is 2.26. The van der Waals surface area contributed by atoms with Crippen molar-refractivity contribution >= 4 is 5.69 Å². The van der Waals surface area contributed by atoms with Crippen LogP contribution in [0.1, 0.15) is 32.4 Å². The lowest BCUT2D eigenvalue weighted by molar-refractivity contribution is -0.385. The first kappa shape index (κ1) is 14.4. The van der Waals surface area contributed by atoms with Crippen LogP contribution >= 0.6 is 0 Å². The van der Waals surface area contributed by atoms with E-state index in [0.717, 1.165) is 0 Å². The molecule has 0 aliphatic rings. The summed E-state index contributed by atoms with van der Waals surface area (Å²) < 4.78 is 0. The molecule has 0 spiro atoms. The predicted octanol–water partition coefficient (Wildman–Crippen LogP) is 1.71. The lowest BCUT2D eigenvalue weighted by Gasteiger charge is -2.31. The van der Waals surface area contributed by atoms with Gasteiger partial charge in [0.25, 0.3) is 5.69 Å². The number of aliphatic hydroxyl groups is 1. The number of nitro benzene ring substituents is 1. The lowest BCUT2D eigenvalue weighted by atomic mass is 9.82. The summed E-state index contributed by atoms with van der Waals surface area (Å²) in [6.07, 6.45) is -0.926. The molecule has 0 saturated heterocycles. The van der Waals surface area contributed by atoms with Gasteiger partial charge in [-0.15, -0.1) is 0 Å². The summed E-state index contributed by atoms with van der Waals surface area (Å²) in [6.45, 7) is 5.39. The van der Waals surface area contributed by atoms with E-state index in [1.54, 1.807) is 20.8 Å². The van der Waals surface area contributed by atoms with E-state index in [9.17, 15) is 20.3 Å². The minimum atomic E-state index is -0.926. The quantitative estimate of drug-likeness (QED) is 0.561. The number of hydrogen-bond donors (Lipinski definition) is 3. The van der Waals surface area contributed by atoms with Gasteiger partial charge in [0.2, 0.25) is 0 Å². The maximum absolute atomic E-state index is 10.7. The number of non-ortho nitro benzene ring substituents is 1. The van der Waals surface area contributed by atoms with Gasteiger partial charge >= 0.3 is 0 Å². The van der Waals surface area contributed by atoms with Crippen LogP contribution < -0.4 is 5.73 Å². The molecule has 0 saturated carbocycles. The van der Waals surface area contributed by atoms with Gasteiger partial charge in [-0.25, -0.2) is 0 Å². The number of nitrogens with zero attached hydrogens (tertiary/aromatic N) is 1. The minimum Gasteiger partial charge on any atom is -0.508 e. The maximum atomic E-state index is 10.7. The van der Waals surface area contributed by atoms with Crippen LogP contribution in [-0.2, 0) is 0 Å². The molecule has 1 rings (SSSR count). The SMILES string of the molecule is CC(C)(C)[C@@H](O)[C@@H](N)c1cc([N+](=O)[O-])ccc1O. The number of aliphatic hydroxyl groups excluding tert-OH is 1. The Balaban J connectivity index is 3.16. The van der Waals surface area contributed by atoms with Crippen LogP contribution in [0.3, 0.4) is 0 Å². The van der Waals surface area contributed by atoms with Crippen molar-refractivity contribution in [3.05, 3.63) is 33.9 Å². The Morgan fingerprint density at radius 2 is 1.94 bits per heavy atom. The zero-order chi connectivity index (χ0) is 14.1. The number of phenolic OH excluding ortho intramolecular Hbond substituents is 1. The molecule has 1 aromatic rings. The summed E-state index contributed by atoms with van der Waals surface area (Å²) in [6, 6.07) is 2.71. The van der Waals surface area contributed by atoms with Crippen molar-refractivity contribution < 1.29 is 15.1 Å². The number of nitrogens with two attached hydrogens (primary N) is 1. The Bertz CT molecular complexity index is 454. The van der Waals surface area contributed by atoms with Crippen LogP contribution in [-0.4, -0.2) is 21.2 Å². The van der Waals surface area contributed by atoms with E-state index < -0.39 is 22.5 Å². The van der Waals surface area contributed by atoms with Gasteiger partial charge in [-0.1, -0.05) is 20.8 Å². The van der Waals surface area contributed by atoms with Crippen LogP contribution in [0.5, 0.6) is 5.75 Å². The number of benzene rings is 1.